The number of hydrogen-bond acceptors (Lipinski definition) is 9. The molecule has 1 aliphatic carbocycles. The second kappa shape index (κ2) is 12.2. The van der Waals surface area contributed by atoms with Gasteiger partial charge in [-0.15, -0.1) is 0 Å². The van der Waals surface area contributed by atoms with Crippen LogP contribution in [0.3, 0.4) is 0 Å². The number of methoxy groups -OCH3 is 3. The molecule has 3 aromatic rings. The number of rotatable bonds is 11. The summed E-state index contributed by atoms with van der Waals surface area (Å²) < 4.78 is 34.4. The highest BCUT2D eigenvalue weighted by atomic mass is 16.7. The fourth-order valence-electron chi connectivity index (χ4n) is 6.85. The summed E-state index contributed by atoms with van der Waals surface area (Å²) in [5.74, 6) is 1.84. The molecule has 0 saturated carbocycles. The minimum Gasteiger partial charge on any atom is -0.493 e. The Balaban J connectivity index is 1.43. The van der Waals surface area contributed by atoms with Gasteiger partial charge in [0.1, 0.15) is 0 Å². The largest absolute Gasteiger partial charge is 0.493 e. The number of carbonyl (C=O) groups excluding carboxylic acids is 1. The van der Waals surface area contributed by atoms with E-state index in [-0.39, 0.29) is 30.6 Å². The van der Waals surface area contributed by atoms with Crippen molar-refractivity contribution >= 4 is 11.7 Å². The van der Waals surface area contributed by atoms with Gasteiger partial charge in [0, 0.05) is 24.1 Å². The number of nitrogens with zero attached hydrogens (tertiary/aromatic N) is 1. The van der Waals surface area contributed by atoms with Crippen LogP contribution in [-0.2, 0) is 16.0 Å². The molecule has 3 aromatic carbocycles. The fourth-order valence-corrected chi connectivity index (χ4v) is 6.85. The lowest BCUT2D eigenvalue weighted by Crippen LogP contribution is -2.37. The van der Waals surface area contributed by atoms with Gasteiger partial charge >= 0.3 is 5.97 Å². The van der Waals surface area contributed by atoms with Crippen molar-refractivity contribution in [3.63, 3.8) is 0 Å². The van der Waals surface area contributed by atoms with Gasteiger partial charge in [0.2, 0.25) is 12.5 Å². The molecule has 9 nitrogen and oxygen atoms in total. The molecule has 0 bridgehead atoms. The van der Waals surface area contributed by atoms with E-state index in [2.05, 4.69) is 54.4 Å². The normalized spacial score (nSPS) is 21.7. The molecular formula is C34H40N2O7. The molecule has 6 rings (SSSR count). The van der Waals surface area contributed by atoms with Crippen molar-refractivity contribution in [3.8, 4) is 28.7 Å². The first-order valence-corrected chi connectivity index (χ1v) is 15.0. The van der Waals surface area contributed by atoms with Gasteiger partial charge in [0.25, 0.3) is 0 Å². The van der Waals surface area contributed by atoms with Crippen molar-refractivity contribution in [2.45, 2.75) is 32.2 Å². The van der Waals surface area contributed by atoms with Gasteiger partial charge in [0.05, 0.1) is 39.9 Å². The molecule has 2 aliphatic heterocycles. The highest BCUT2D eigenvalue weighted by Crippen LogP contribution is 2.56. The van der Waals surface area contributed by atoms with E-state index in [4.69, 9.17) is 28.4 Å². The molecule has 0 aromatic heterocycles. The van der Waals surface area contributed by atoms with Gasteiger partial charge < -0.3 is 38.6 Å². The van der Waals surface area contributed by atoms with E-state index >= 15 is 0 Å². The molecule has 0 spiro atoms. The number of hydrogen-bond donors (Lipinski definition) is 1. The zero-order valence-corrected chi connectivity index (χ0v) is 25.5. The maximum atomic E-state index is 13.5. The molecule has 0 radical (unpaired) electrons. The molecule has 3 aliphatic rings. The monoisotopic (exact) mass is 588 g/mol. The van der Waals surface area contributed by atoms with Gasteiger partial charge in [-0.25, -0.2) is 0 Å². The fraction of sp³-hybridized carbons (Fsp3) is 0.441. The summed E-state index contributed by atoms with van der Waals surface area (Å²) in [5, 5.41) is 3.80. The van der Waals surface area contributed by atoms with E-state index in [1.807, 2.05) is 18.2 Å². The van der Waals surface area contributed by atoms with E-state index in [0.29, 0.717) is 35.4 Å². The van der Waals surface area contributed by atoms with Crippen molar-refractivity contribution in [3.05, 3.63) is 70.8 Å². The van der Waals surface area contributed by atoms with Crippen LogP contribution in [0.2, 0.25) is 0 Å². The van der Waals surface area contributed by atoms with E-state index in [1.165, 1.54) is 5.56 Å². The number of esters is 1. The van der Waals surface area contributed by atoms with Crippen molar-refractivity contribution in [2.75, 3.05) is 59.7 Å². The first-order valence-electron chi connectivity index (χ1n) is 15.0. The molecule has 0 amide bonds. The summed E-state index contributed by atoms with van der Waals surface area (Å²) in [4.78, 5) is 16.0. The first kappa shape index (κ1) is 29.0. The quantitative estimate of drug-likeness (QED) is 0.295. The molecule has 43 heavy (non-hydrogen) atoms. The van der Waals surface area contributed by atoms with Crippen LogP contribution in [0.5, 0.6) is 28.7 Å². The number of cyclic esters (lactones) is 1. The number of fused-ring (bicyclic) bond motifs is 3. The number of benzene rings is 3. The number of likely N-dealkylation sites (N-methyl/N-ethyl adjacent to an activating group) is 1. The SMILES string of the molecule is CCN(CC)CCc1cccc(N[C@@H]2c3cc4c(cc3[C@@H](c3cc(OC)c(OC)c(OC)c3)[C@H]3C(=O)OC[C@@H]32)OCO4)c1. The van der Waals surface area contributed by atoms with Gasteiger partial charge in [0.15, 0.2) is 23.0 Å². The molecular weight excluding hydrogens is 548 g/mol. The molecule has 9 heteroatoms. The lowest BCUT2D eigenvalue weighted by Gasteiger charge is -2.40. The van der Waals surface area contributed by atoms with E-state index in [9.17, 15) is 4.79 Å². The molecule has 4 atom stereocenters. The Morgan fingerprint density at radius 2 is 1.58 bits per heavy atom. The zero-order chi connectivity index (χ0) is 30.1. The van der Waals surface area contributed by atoms with Gasteiger partial charge in [-0.3, -0.25) is 4.79 Å². The third-order valence-corrected chi connectivity index (χ3v) is 9.09. The average Bonchev–Trinajstić information content (AvgIpc) is 3.66. The standard InChI is InChI=1S/C34H40N2O7/c1-6-36(7-2)12-11-20-9-8-10-22(13-20)35-32-24-17-27-26(42-19-43-27)16-23(24)30(31-25(32)18-41-34(31)37)21-14-28(38-3)33(40-5)29(15-21)39-4/h8-10,13-17,25,30-32,35H,6-7,11-12,18-19H2,1-5H3/t25-,30+,31-,32+/m0/s1. The summed E-state index contributed by atoms with van der Waals surface area (Å²) in [6.45, 7) is 7.95. The molecule has 1 saturated heterocycles. The Labute approximate surface area is 253 Å². The Kier molecular flexibility index (Phi) is 8.25. The number of carbonyl (C=O) groups is 1. The maximum absolute atomic E-state index is 13.5. The Bertz CT molecular complexity index is 1460. The van der Waals surface area contributed by atoms with Crippen molar-refractivity contribution in [2.24, 2.45) is 11.8 Å². The van der Waals surface area contributed by atoms with Crippen LogP contribution in [0.4, 0.5) is 5.69 Å². The topological polar surface area (TPSA) is 87.7 Å². The molecule has 228 valence electrons. The summed E-state index contributed by atoms with van der Waals surface area (Å²) in [7, 11) is 4.77. The van der Waals surface area contributed by atoms with Crippen LogP contribution in [0, 0.1) is 11.8 Å². The van der Waals surface area contributed by atoms with Crippen LogP contribution in [0.25, 0.3) is 0 Å². The second-order valence-electron chi connectivity index (χ2n) is 11.2. The third-order valence-electron chi connectivity index (χ3n) is 9.09. The lowest BCUT2D eigenvalue weighted by molar-refractivity contribution is -0.141. The second-order valence-corrected chi connectivity index (χ2v) is 11.2. The van der Waals surface area contributed by atoms with Crippen molar-refractivity contribution in [1.82, 2.24) is 4.90 Å². The van der Waals surface area contributed by atoms with Crippen LogP contribution >= 0.6 is 0 Å². The Morgan fingerprint density at radius 3 is 2.23 bits per heavy atom. The third kappa shape index (κ3) is 5.31. The van der Waals surface area contributed by atoms with Gasteiger partial charge in [-0.2, -0.15) is 0 Å². The minimum atomic E-state index is -0.431. The van der Waals surface area contributed by atoms with Crippen LogP contribution in [0.1, 0.15) is 48.1 Å². The highest BCUT2D eigenvalue weighted by Gasteiger charge is 2.52. The number of nitrogens with one attached hydrogen (secondary N) is 1. The van der Waals surface area contributed by atoms with Crippen molar-refractivity contribution < 1.29 is 33.2 Å². The highest BCUT2D eigenvalue weighted by molar-refractivity contribution is 5.79. The maximum Gasteiger partial charge on any atom is 0.310 e. The van der Waals surface area contributed by atoms with Gasteiger partial charge in [-0.05, 0) is 78.2 Å². The number of ether oxygens (including phenoxy) is 6. The summed E-state index contributed by atoms with van der Waals surface area (Å²) in [6.07, 6.45) is 0.966. The summed E-state index contributed by atoms with van der Waals surface area (Å²) in [5.41, 5.74) is 5.18. The zero-order valence-electron chi connectivity index (χ0n) is 25.5. The first-order chi connectivity index (χ1) is 21.0. The van der Waals surface area contributed by atoms with E-state index < -0.39 is 5.92 Å². The summed E-state index contributed by atoms with van der Waals surface area (Å²) >= 11 is 0. The predicted molar refractivity (Wildman–Crippen MR) is 163 cm³/mol. The molecule has 1 fully saturated rings. The van der Waals surface area contributed by atoms with E-state index in [1.54, 1.807) is 21.3 Å². The Morgan fingerprint density at radius 1 is 0.884 bits per heavy atom. The lowest BCUT2D eigenvalue weighted by atomic mass is 9.65. The molecule has 0 unspecified atom stereocenters. The smallest absolute Gasteiger partial charge is 0.310 e. The van der Waals surface area contributed by atoms with Crippen LogP contribution in [0.15, 0.2) is 48.5 Å². The van der Waals surface area contributed by atoms with Crippen LogP contribution < -0.4 is 29.0 Å². The molecule has 2 heterocycles. The molecule has 1 N–H and O–H groups in total. The van der Waals surface area contributed by atoms with E-state index in [0.717, 1.165) is 48.4 Å². The Hall–Kier alpha value is -4.11. The van der Waals surface area contributed by atoms with Crippen LogP contribution in [-0.4, -0.2) is 65.2 Å². The predicted octanol–water partition coefficient (Wildman–Crippen LogP) is 5.41. The van der Waals surface area contributed by atoms with Crippen molar-refractivity contribution in [1.29, 1.82) is 0 Å². The number of anilines is 1. The van der Waals surface area contributed by atoms with Gasteiger partial charge in [-0.1, -0.05) is 26.0 Å². The average molecular weight is 589 g/mol. The minimum absolute atomic E-state index is 0.121. The summed E-state index contributed by atoms with van der Waals surface area (Å²) in [6, 6.07) is 16.3.